The monoisotopic (exact) mass is 454 g/mol. The van der Waals surface area contributed by atoms with Crippen molar-refractivity contribution in [3.63, 3.8) is 0 Å². The lowest BCUT2D eigenvalue weighted by molar-refractivity contribution is 0.0923. The van der Waals surface area contributed by atoms with E-state index in [-0.39, 0.29) is 22.5 Å². The Bertz CT molecular complexity index is 1340. The van der Waals surface area contributed by atoms with Crippen LogP contribution in [0.4, 0.5) is 13.2 Å². The number of carbonyl (C=O) groups is 1. The third kappa shape index (κ3) is 4.36. The molecule has 3 aromatic carbocycles. The third-order valence-corrected chi connectivity index (χ3v) is 5.02. The van der Waals surface area contributed by atoms with Crippen LogP contribution in [0.15, 0.2) is 60.7 Å². The van der Waals surface area contributed by atoms with E-state index in [4.69, 9.17) is 5.11 Å². The lowest BCUT2D eigenvalue weighted by atomic mass is 9.96. The Morgan fingerprint density at radius 3 is 2.33 bits per heavy atom. The summed E-state index contributed by atoms with van der Waals surface area (Å²) in [7, 11) is 0. The van der Waals surface area contributed by atoms with Crippen molar-refractivity contribution >= 4 is 28.1 Å². The van der Waals surface area contributed by atoms with E-state index in [9.17, 15) is 28.2 Å². The van der Waals surface area contributed by atoms with Gasteiger partial charge < -0.3 is 20.3 Å². The van der Waals surface area contributed by atoms with E-state index < -0.39 is 47.3 Å². The smallest absolute Gasteiger partial charge is 0.200 e. The molecule has 168 valence electrons. The van der Waals surface area contributed by atoms with Gasteiger partial charge in [-0.1, -0.05) is 12.1 Å². The number of aliphatic hydroxyl groups is 3. The predicted octanol–water partition coefficient (Wildman–Crippen LogP) is 4.32. The molecule has 0 saturated carbocycles. The first-order valence-corrected chi connectivity index (χ1v) is 9.76. The second-order valence-electron chi connectivity index (χ2n) is 7.25. The maximum absolute atomic E-state index is 14.1. The number of fused-ring (bicyclic) bond motifs is 1. The van der Waals surface area contributed by atoms with Crippen LogP contribution in [0.25, 0.3) is 22.4 Å². The van der Waals surface area contributed by atoms with Crippen LogP contribution in [-0.4, -0.2) is 37.7 Å². The van der Waals surface area contributed by atoms with E-state index in [1.165, 1.54) is 0 Å². The number of para-hydroxylation sites is 2. The summed E-state index contributed by atoms with van der Waals surface area (Å²) in [6.45, 7) is -0.783. The van der Waals surface area contributed by atoms with Crippen LogP contribution < -0.4 is 0 Å². The lowest BCUT2D eigenvalue weighted by Crippen LogP contribution is -2.11. The number of ketones is 1. The van der Waals surface area contributed by atoms with Crippen molar-refractivity contribution in [3.05, 3.63) is 101 Å². The van der Waals surface area contributed by atoms with Gasteiger partial charge in [-0.2, -0.15) is 0 Å². The van der Waals surface area contributed by atoms with Gasteiger partial charge in [0.1, 0.15) is 40.7 Å². The summed E-state index contributed by atoms with van der Waals surface area (Å²) < 4.78 is 41.7. The van der Waals surface area contributed by atoms with E-state index in [1.807, 2.05) is 0 Å². The van der Waals surface area contributed by atoms with Crippen LogP contribution in [0.2, 0.25) is 0 Å². The Labute approximate surface area is 185 Å². The van der Waals surface area contributed by atoms with Gasteiger partial charge in [0.2, 0.25) is 5.78 Å². The first-order valence-electron chi connectivity index (χ1n) is 9.76. The third-order valence-electron chi connectivity index (χ3n) is 5.02. The number of aromatic amines is 1. The summed E-state index contributed by atoms with van der Waals surface area (Å²) >= 11 is 0. The maximum Gasteiger partial charge on any atom is 0.200 e. The van der Waals surface area contributed by atoms with E-state index in [0.29, 0.717) is 17.1 Å². The number of rotatable bonds is 6. The molecule has 0 amide bonds. The van der Waals surface area contributed by atoms with Crippen molar-refractivity contribution in [2.45, 2.75) is 6.10 Å². The van der Waals surface area contributed by atoms with Gasteiger partial charge in [0.25, 0.3) is 0 Å². The molecule has 0 saturated heterocycles. The molecule has 33 heavy (non-hydrogen) atoms. The number of aromatic nitrogens is 2. The molecule has 0 radical (unpaired) electrons. The highest BCUT2D eigenvalue weighted by Gasteiger charge is 2.26. The van der Waals surface area contributed by atoms with Gasteiger partial charge in [0.05, 0.1) is 17.6 Å². The number of nitrogens with one attached hydrogen (secondary N) is 1. The predicted molar refractivity (Wildman–Crippen MR) is 115 cm³/mol. The highest BCUT2D eigenvalue weighted by atomic mass is 19.1. The van der Waals surface area contributed by atoms with Crippen LogP contribution in [0.5, 0.6) is 0 Å². The van der Waals surface area contributed by atoms with Crippen molar-refractivity contribution < 1.29 is 33.3 Å². The number of aliphatic hydroxyl groups excluding tert-OH is 3. The Balaban J connectivity index is 1.94. The quantitative estimate of drug-likeness (QED) is 0.197. The number of Topliss-reactive ketones (excluding diaryl/α,β-unsaturated/α-hetero) is 1. The highest BCUT2D eigenvalue weighted by Crippen LogP contribution is 2.30. The van der Waals surface area contributed by atoms with Crippen LogP contribution in [0, 0.1) is 17.5 Å². The molecule has 1 unspecified atom stereocenters. The topological polar surface area (TPSA) is 106 Å². The van der Waals surface area contributed by atoms with E-state index >= 15 is 0 Å². The summed E-state index contributed by atoms with van der Waals surface area (Å²) in [5.74, 6) is -4.49. The first-order chi connectivity index (χ1) is 15.8. The zero-order valence-corrected chi connectivity index (χ0v) is 16.9. The molecule has 4 rings (SSSR count). The average Bonchev–Trinajstić information content (AvgIpc) is 3.21. The van der Waals surface area contributed by atoms with Crippen LogP contribution >= 0.6 is 0 Å². The number of imidazole rings is 1. The van der Waals surface area contributed by atoms with Crippen LogP contribution in [0.3, 0.4) is 0 Å². The minimum Gasteiger partial charge on any atom is -0.506 e. The largest absolute Gasteiger partial charge is 0.506 e. The Kier molecular flexibility index (Phi) is 5.99. The number of hydrogen-bond acceptors (Lipinski definition) is 5. The lowest BCUT2D eigenvalue weighted by Gasteiger charge is -2.13. The minimum atomic E-state index is -1.58. The molecule has 1 aromatic heterocycles. The molecule has 4 aromatic rings. The van der Waals surface area contributed by atoms with Crippen molar-refractivity contribution in [2.24, 2.45) is 0 Å². The number of hydrogen-bond donors (Lipinski definition) is 4. The number of halogens is 3. The Morgan fingerprint density at radius 1 is 0.970 bits per heavy atom. The fraction of sp³-hybridized carbons (Fsp3) is 0.0833. The summed E-state index contributed by atoms with van der Waals surface area (Å²) in [5.41, 5.74) is -0.222. The molecule has 4 N–H and O–H groups in total. The SMILES string of the molecule is O=C(/C(=C(\O)c1cc(F)cc(F)c1)c1nc2ccccc2[nH]1)c1ccc(F)c(C(O)CO)c1. The van der Waals surface area contributed by atoms with Gasteiger partial charge in [0, 0.05) is 22.8 Å². The number of benzene rings is 3. The summed E-state index contributed by atoms with van der Waals surface area (Å²) in [4.78, 5) is 20.6. The normalized spacial score (nSPS) is 13.1. The first kappa shape index (κ1) is 22.3. The van der Waals surface area contributed by atoms with Crippen molar-refractivity contribution in [2.75, 3.05) is 6.61 Å². The molecular weight excluding hydrogens is 437 g/mol. The molecular formula is C24H17F3N2O4. The van der Waals surface area contributed by atoms with Gasteiger partial charge in [-0.3, -0.25) is 4.79 Å². The van der Waals surface area contributed by atoms with E-state index in [1.54, 1.807) is 24.3 Å². The zero-order chi connectivity index (χ0) is 23.7. The summed E-state index contributed by atoms with van der Waals surface area (Å²) in [5, 5.41) is 29.9. The summed E-state index contributed by atoms with van der Waals surface area (Å²) in [6.07, 6.45) is -1.58. The molecule has 0 aliphatic carbocycles. The van der Waals surface area contributed by atoms with Gasteiger partial charge in [-0.05, 0) is 42.5 Å². The van der Waals surface area contributed by atoms with Crippen LogP contribution in [-0.2, 0) is 0 Å². The standard InChI is InChI=1S/C24H17F3N2O4/c25-14-7-13(8-15(26)10-14)23(33)21(24-28-18-3-1-2-4-19(18)29-24)22(32)12-5-6-17(27)16(9-12)20(31)11-30/h1-10,20,30-31,33H,11H2,(H,28,29)/b23-21+. The molecule has 0 bridgehead atoms. The minimum absolute atomic E-state index is 0.0862. The second kappa shape index (κ2) is 8.89. The number of H-pyrrole nitrogens is 1. The van der Waals surface area contributed by atoms with Gasteiger partial charge in [-0.15, -0.1) is 0 Å². The molecule has 6 nitrogen and oxygen atoms in total. The number of nitrogens with zero attached hydrogens (tertiary/aromatic N) is 1. The van der Waals surface area contributed by atoms with E-state index in [2.05, 4.69) is 9.97 Å². The maximum atomic E-state index is 14.1. The molecule has 0 aliphatic rings. The molecule has 0 fully saturated rings. The Morgan fingerprint density at radius 2 is 1.67 bits per heavy atom. The molecule has 0 spiro atoms. The molecule has 0 aliphatic heterocycles. The van der Waals surface area contributed by atoms with Crippen molar-refractivity contribution in [3.8, 4) is 0 Å². The summed E-state index contributed by atoms with van der Waals surface area (Å²) in [6, 6.07) is 12.2. The van der Waals surface area contributed by atoms with Crippen molar-refractivity contribution in [1.82, 2.24) is 9.97 Å². The average molecular weight is 454 g/mol. The highest BCUT2D eigenvalue weighted by molar-refractivity contribution is 6.33. The fourth-order valence-electron chi connectivity index (χ4n) is 3.42. The van der Waals surface area contributed by atoms with Gasteiger partial charge >= 0.3 is 0 Å². The van der Waals surface area contributed by atoms with E-state index in [0.717, 1.165) is 30.3 Å². The Hall–Kier alpha value is -3.95. The molecule has 1 atom stereocenters. The molecule has 1 heterocycles. The fourth-order valence-corrected chi connectivity index (χ4v) is 3.42. The van der Waals surface area contributed by atoms with Crippen molar-refractivity contribution in [1.29, 1.82) is 0 Å². The van der Waals surface area contributed by atoms with Gasteiger partial charge in [0.15, 0.2) is 0 Å². The molecule has 9 heteroatoms. The number of allylic oxidation sites excluding steroid dienone is 1. The van der Waals surface area contributed by atoms with Gasteiger partial charge in [-0.25, -0.2) is 18.2 Å². The second-order valence-corrected chi connectivity index (χ2v) is 7.25. The van der Waals surface area contributed by atoms with Crippen LogP contribution in [0.1, 0.15) is 33.4 Å². The zero-order valence-electron chi connectivity index (χ0n) is 16.9. The number of carbonyl (C=O) groups excluding carboxylic acids is 1.